The first kappa shape index (κ1) is 16.6. The largest absolute Gasteiger partial charge is 0.508 e. The first-order valence-corrected chi connectivity index (χ1v) is 8.70. The third-order valence-corrected chi connectivity index (χ3v) is 4.36. The van der Waals surface area contributed by atoms with Crippen molar-refractivity contribution >= 4 is 5.78 Å². The Morgan fingerprint density at radius 3 is 2.33 bits per heavy atom. The van der Waals surface area contributed by atoms with Crippen molar-refractivity contribution in [3.05, 3.63) is 59.7 Å². The Morgan fingerprint density at radius 2 is 1.67 bits per heavy atom. The number of phenols is 1. The van der Waals surface area contributed by atoms with Gasteiger partial charge in [-0.3, -0.25) is 4.79 Å². The third kappa shape index (κ3) is 5.41. The van der Waals surface area contributed by atoms with Gasteiger partial charge in [0.25, 0.3) is 0 Å². The zero-order valence-corrected chi connectivity index (χ0v) is 13.9. The molecule has 0 spiro atoms. The maximum Gasteiger partial charge on any atom is 0.137 e. The van der Waals surface area contributed by atoms with Crippen LogP contribution >= 0.6 is 0 Å². The summed E-state index contributed by atoms with van der Waals surface area (Å²) in [5.74, 6) is 2.19. The highest BCUT2D eigenvalue weighted by Crippen LogP contribution is 2.29. The zero-order chi connectivity index (χ0) is 16.8. The maximum absolute atomic E-state index is 12.1. The number of rotatable bonds is 9. The van der Waals surface area contributed by atoms with E-state index in [4.69, 9.17) is 4.74 Å². The Kier molecular flexibility index (Phi) is 5.52. The van der Waals surface area contributed by atoms with Crippen LogP contribution in [0.5, 0.6) is 11.5 Å². The number of aryl methyl sites for hydroxylation is 1. The molecule has 0 amide bonds. The summed E-state index contributed by atoms with van der Waals surface area (Å²) in [4.78, 5) is 12.1. The molecule has 2 aromatic carbocycles. The van der Waals surface area contributed by atoms with Gasteiger partial charge >= 0.3 is 0 Å². The summed E-state index contributed by atoms with van der Waals surface area (Å²) in [5, 5.41) is 9.25. The molecule has 0 aromatic heterocycles. The minimum absolute atomic E-state index is 0.264. The smallest absolute Gasteiger partial charge is 0.137 e. The van der Waals surface area contributed by atoms with Crippen molar-refractivity contribution in [2.75, 3.05) is 6.61 Å². The molecule has 1 fully saturated rings. The molecule has 0 saturated heterocycles. The average Bonchev–Trinajstić information content (AvgIpc) is 3.40. The molecule has 3 rings (SSSR count). The van der Waals surface area contributed by atoms with Gasteiger partial charge in [-0.15, -0.1) is 0 Å². The molecule has 1 aliphatic carbocycles. The number of carbonyl (C=O) groups excluding carboxylic acids is 1. The molecule has 0 aliphatic heterocycles. The molecular formula is C21H24O3. The summed E-state index contributed by atoms with van der Waals surface area (Å²) < 4.78 is 5.71. The van der Waals surface area contributed by atoms with Crippen molar-refractivity contribution in [2.45, 2.75) is 38.5 Å². The first-order chi connectivity index (χ1) is 11.7. The molecule has 126 valence electrons. The van der Waals surface area contributed by atoms with Gasteiger partial charge in [-0.1, -0.05) is 24.3 Å². The Balaban J connectivity index is 1.38. The van der Waals surface area contributed by atoms with Gasteiger partial charge in [-0.05, 0) is 67.0 Å². The molecule has 0 unspecified atom stereocenters. The second-order valence-electron chi connectivity index (χ2n) is 6.63. The fraction of sp³-hybridized carbons (Fsp3) is 0.381. The normalized spacial score (nSPS) is 13.7. The van der Waals surface area contributed by atoms with E-state index in [2.05, 4.69) is 0 Å². The number of hydrogen-bond acceptors (Lipinski definition) is 3. The van der Waals surface area contributed by atoms with E-state index in [9.17, 15) is 9.90 Å². The minimum atomic E-state index is 0.264. The predicted molar refractivity (Wildman–Crippen MR) is 94.4 cm³/mol. The molecule has 3 nitrogen and oxygen atoms in total. The van der Waals surface area contributed by atoms with Crippen LogP contribution in [0.25, 0.3) is 0 Å². The van der Waals surface area contributed by atoms with Crippen molar-refractivity contribution in [3.63, 3.8) is 0 Å². The summed E-state index contributed by atoms with van der Waals surface area (Å²) in [6.07, 6.45) is 5.35. The van der Waals surface area contributed by atoms with Crippen LogP contribution in [0.4, 0.5) is 0 Å². The summed E-state index contributed by atoms with van der Waals surface area (Å²) in [7, 11) is 0. The number of aromatic hydroxyl groups is 1. The SMILES string of the molecule is O=C(CCCc1ccc(O)cc1)Cc1ccc(OCC2CC2)cc1. The topological polar surface area (TPSA) is 46.5 Å². The van der Waals surface area contributed by atoms with Crippen molar-refractivity contribution in [3.8, 4) is 11.5 Å². The lowest BCUT2D eigenvalue weighted by Gasteiger charge is -2.06. The van der Waals surface area contributed by atoms with E-state index in [1.165, 1.54) is 12.8 Å². The van der Waals surface area contributed by atoms with Crippen LogP contribution < -0.4 is 4.74 Å². The third-order valence-electron chi connectivity index (χ3n) is 4.36. The summed E-state index contributed by atoms with van der Waals surface area (Å²) in [6.45, 7) is 0.815. The van der Waals surface area contributed by atoms with Gasteiger partial charge in [-0.25, -0.2) is 0 Å². The molecule has 24 heavy (non-hydrogen) atoms. The molecule has 1 aliphatic rings. The molecular weight excluding hydrogens is 300 g/mol. The standard InChI is InChI=1S/C21H24O3/c22-19-10-6-16(7-11-19)2-1-3-20(23)14-17-8-12-21(13-9-17)24-15-18-4-5-18/h6-13,18,22H,1-5,14-15H2. The molecule has 0 radical (unpaired) electrons. The molecule has 3 heteroatoms. The fourth-order valence-corrected chi connectivity index (χ4v) is 2.67. The van der Waals surface area contributed by atoms with Crippen LogP contribution in [0.15, 0.2) is 48.5 Å². The number of ether oxygens (including phenoxy) is 1. The highest BCUT2D eigenvalue weighted by atomic mass is 16.5. The Labute approximate surface area is 143 Å². The lowest BCUT2D eigenvalue weighted by atomic mass is 10.0. The number of phenolic OH excluding ortho intramolecular Hbond substituents is 1. The maximum atomic E-state index is 12.1. The van der Waals surface area contributed by atoms with E-state index in [1.807, 2.05) is 36.4 Å². The Hall–Kier alpha value is -2.29. The molecule has 1 N–H and O–H groups in total. The summed E-state index contributed by atoms with van der Waals surface area (Å²) >= 11 is 0. The van der Waals surface area contributed by atoms with Gasteiger partial charge in [0.05, 0.1) is 6.61 Å². The van der Waals surface area contributed by atoms with E-state index in [-0.39, 0.29) is 11.5 Å². The van der Waals surface area contributed by atoms with Gasteiger partial charge in [0.1, 0.15) is 17.3 Å². The van der Waals surface area contributed by atoms with Crippen LogP contribution in [0, 0.1) is 5.92 Å². The van der Waals surface area contributed by atoms with Crippen LogP contribution in [0.2, 0.25) is 0 Å². The number of Topliss-reactive ketones (excluding diaryl/α,β-unsaturated/α-hetero) is 1. The van der Waals surface area contributed by atoms with Crippen molar-refractivity contribution in [1.82, 2.24) is 0 Å². The molecule has 0 atom stereocenters. The van der Waals surface area contributed by atoms with E-state index in [0.717, 1.165) is 42.2 Å². The predicted octanol–water partition coefficient (Wildman–Crippen LogP) is 4.32. The van der Waals surface area contributed by atoms with Gasteiger partial charge < -0.3 is 9.84 Å². The van der Waals surface area contributed by atoms with Gasteiger partial charge in [0.15, 0.2) is 0 Å². The second kappa shape index (κ2) is 8.00. The molecule has 0 bridgehead atoms. The Morgan fingerprint density at radius 1 is 1.00 bits per heavy atom. The van der Waals surface area contributed by atoms with Crippen LogP contribution in [0.1, 0.15) is 36.8 Å². The van der Waals surface area contributed by atoms with Gasteiger partial charge in [0, 0.05) is 12.8 Å². The quantitative estimate of drug-likeness (QED) is 0.747. The molecule has 1 saturated carbocycles. The first-order valence-electron chi connectivity index (χ1n) is 8.70. The number of ketones is 1. The second-order valence-corrected chi connectivity index (χ2v) is 6.63. The lowest BCUT2D eigenvalue weighted by molar-refractivity contribution is -0.118. The number of benzene rings is 2. The lowest BCUT2D eigenvalue weighted by Crippen LogP contribution is -2.04. The minimum Gasteiger partial charge on any atom is -0.508 e. The molecule has 2 aromatic rings. The van der Waals surface area contributed by atoms with Crippen LogP contribution in [0.3, 0.4) is 0 Å². The highest BCUT2D eigenvalue weighted by Gasteiger charge is 2.21. The van der Waals surface area contributed by atoms with Crippen molar-refractivity contribution in [1.29, 1.82) is 0 Å². The monoisotopic (exact) mass is 324 g/mol. The van der Waals surface area contributed by atoms with E-state index < -0.39 is 0 Å². The van der Waals surface area contributed by atoms with Crippen LogP contribution in [-0.2, 0) is 17.6 Å². The van der Waals surface area contributed by atoms with E-state index in [1.54, 1.807) is 12.1 Å². The number of hydrogen-bond donors (Lipinski definition) is 1. The van der Waals surface area contributed by atoms with E-state index >= 15 is 0 Å². The van der Waals surface area contributed by atoms with E-state index in [0.29, 0.717) is 12.8 Å². The van der Waals surface area contributed by atoms with Crippen molar-refractivity contribution < 1.29 is 14.6 Å². The van der Waals surface area contributed by atoms with Gasteiger partial charge in [0.2, 0.25) is 0 Å². The Bertz CT molecular complexity index is 654. The molecule has 0 heterocycles. The van der Waals surface area contributed by atoms with Gasteiger partial charge in [-0.2, -0.15) is 0 Å². The van der Waals surface area contributed by atoms with Crippen molar-refractivity contribution in [2.24, 2.45) is 5.92 Å². The average molecular weight is 324 g/mol. The number of carbonyl (C=O) groups is 1. The summed E-state index contributed by atoms with van der Waals surface area (Å²) in [6, 6.07) is 15.1. The highest BCUT2D eigenvalue weighted by molar-refractivity contribution is 5.80. The van der Waals surface area contributed by atoms with Crippen LogP contribution in [-0.4, -0.2) is 17.5 Å². The zero-order valence-electron chi connectivity index (χ0n) is 13.9. The fourth-order valence-electron chi connectivity index (χ4n) is 2.67. The summed E-state index contributed by atoms with van der Waals surface area (Å²) in [5.41, 5.74) is 2.20.